The molecule has 19 heavy (non-hydrogen) atoms. The van der Waals surface area contributed by atoms with E-state index in [2.05, 4.69) is 21.2 Å². The molecule has 0 bridgehead atoms. The molecule has 0 spiro atoms. The van der Waals surface area contributed by atoms with E-state index in [1.807, 2.05) is 24.3 Å². The Kier molecular flexibility index (Phi) is 4.55. The summed E-state index contributed by atoms with van der Waals surface area (Å²) in [4.78, 5) is 11.9. The van der Waals surface area contributed by atoms with Gasteiger partial charge in [0.05, 0.1) is 0 Å². The average molecular weight is 332 g/mol. The first-order valence-electron chi connectivity index (χ1n) is 6.36. The van der Waals surface area contributed by atoms with E-state index in [1.165, 1.54) is 0 Å². The van der Waals surface area contributed by atoms with Gasteiger partial charge >= 0.3 is 0 Å². The van der Waals surface area contributed by atoms with Crippen molar-refractivity contribution in [3.63, 3.8) is 0 Å². The molecule has 1 aliphatic rings. The third-order valence-electron chi connectivity index (χ3n) is 3.44. The summed E-state index contributed by atoms with van der Waals surface area (Å²) in [6.45, 7) is 0.436. The molecule has 1 aromatic rings. The fraction of sp³-hybridized carbons (Fsp3) is 0.500. The number of carbonyl (C=O) groups is 1. The van der Waals surface area contributed by atoms with Gasteiger partial charge in [-0.1, -0.05) is 28.1 Å². The molecule has 0 saturated heterocycles. The van der Waals surface area contributed by atoms with Gasteiger partial charge in [-0.05, 0) is 30.5 Å². The molecule has 1 saturated carbocycles. The number of nitrogens with one attached hydrogen (secondary N) is 1. The fourth-order valence-electron chi connectivity index (χ4n) is 2.28. The lowest BCUT2D eigenvalue weighted by molar-refractivity contribution is -0.129. The number of alkyl halides is 2. The van der Waals surface area contributed by atoms with Crippen LogP contribution < -0.4 is 5.32 Å². The highest BCUT2D eigenvalue weighted by atomic mass is 79.9. The van der Waals surface area contributed by atoms with Crippen molar-refractivity contribution in [3.8, 4) is 0 Å². The molecule has 0 aliphatic heterocycles. The van der Waals surface area contributed by atoms with Crippen molar-refractivity contribution in [2.75, 3.05) is 0 Å². The van der Waals surface area contributed by atoms with Crippen molar-refractivity contribution in [1.29, 1.82) is 0 Å². The molecule has 0 aromatic heterocycles. The van der Waals surface area contributed by atoms with Crippen molar-refractivity contribution in [3.05, 3.63) is 34.3 Å². The van der Waals surface area contributed by atoms with Crippen LogP contribution in [-0.4, -0.2) is 11.8 Å². The molecule has 0 heterocycles. The highest BCUT2D eigenvalue weighted by molar-refractivity contribution is 9.10. The molecule has 1 aromatic carbocycles. The predicted molar refractivity (Wildman–Crippen MR) is 72.9 cm³/mol. The minimum Gasteiger partial charge on any atom is -0.352 e. The molecule has 0 atom stereocenters. The molecule has 0 unspecified atom stereocenters. The van der Waals surface area contributed by atoms with Gasteiger partial charge in [-0.2, -0.15) is 0 Å². The summed E-state index contributed by atoms with van der Waals surface area (Å²) in [6.07, 6.45) is 0.193. The average Bonchev–Trinajstić information content (AvgIpc) is 2.36. The first-order valence-corrected chi connectivity index (χ1v) is 7.15. The van der Waals surface area contributed by atoms with Crippen LogP contribution in [-0.2, 0) is 11.3 Å². The number of amides is 1. The van der Waals surface area contributed by atoms with Gasteiger partial charge in [0, 0.05) is 29.8 Å². The zero-order chi connectivity index (χ0) is 13.9. The van der Waals surface area contributed by atoms with Gasteiger partial charge in [0.1, 0.15) is 0 Å². The molecular weight excluding hydrogens is 316 g/mol. The lowest BCUT2D eigenvalue weighted by atomic mass is 9.86. The highest BCUT2D eigenvalue weighted by Gasteiger charge is 2.37. The molecule has 104 valence electrons. The van der Waals surface area contributed by atoms with Crippen molar-refractivity contribution >= 4 is 21.8 Å². The Morgan fingerprint density at radius 2 is 2.05 bits per heavy atom. The van der Waals surface area contributed by atoms with E-state index < -0.39 is 5.92 Å². The topological polar surface area (TPSA) is 29.1 Å². The van der Waals surface area contributed by atoms with Gasteiger partial charge in [0.15, 0.2) is 0 Å². The van der Waals surface area contributed by atoms with Gasteiger partial charge < -0.3 is 5.32 Å². The van der Waals surface area contributed by atoms with Crippen LogP contribution in [0.3, 0.4) is 0 Å². The third kappa shape index (κ3) is 4.27. The molecule has 2 nitrogen and oxygen atoms in total. The number of benzene rings is 1. The summed E-state index contributed by atoms with van der Waals surface area (Å²) in [6, 6.07) is 7.65. The molecule has 1 fully saturated rings. The second-order valence-corrected chi connectivity index (χ2v) is 5.89. The van der Waals surface area contributed by atoms with Crippen molar-refractivity contribution < 1.29 is 13.6 Å². The lowest BCUT2D eigenvalue weighted by Gasteiger charge is -2.27. The summed E-state index contributed by atoms with van der Waals surface area (Å²) in [7, 11) is 0. The SMILES string of the molecule is O=C(NCc1cccc(Br)c1)C1CCC(F)(F)CC1. The normalized spacial score (nSPS) is 19.1. The maximum absolute atomic E-state index is 13.0. The third-order valence-corrected chi connectivity index (χ3v) is 3.94. The molecule has 5 heteroatoms. The molecule has 1 amide bonds. The maximum Gasteiger partial charge on any atom is 0.248 e. The van der Waals surface area contributed by atoms with Crippen molar-refractivity contribution in [1.82, 2.24) is 5.32 Å². The van der Waals surface area contributed by atoms with Gasteiger partial charge in [-0.25, -0.2) is 8.78 Å². The molecule has 1 aliphatic carbocycles. The smallest absolute Gasteiger partial charge is 0.248 e. The van der Waals surface area contributed by atoms with Crippen LogP contribution in [0.1, 0.15) is 31.2 Å². The Labute approximate surface area is 119 Å². The number of rotatable bonds is 3. The molecule has 2 rings (SSSR count). The summed E-state index contributed by atoms with van der Waals surface area (Å²) in [5.74, 6) is -2.97. The minimum atomic E-state index is -2.58. The first-order chi connectivity index (χ1) is 8.96. The largest absolute Gasteiger partial charge is 0.352 e. The number of hydrogen-bond acceptors (Lipinski definition) is 1. The maximum atomic E-state index is 13.0. The van der Waals surface area contributed by atoms with E-state index in [0.29, 0.717) is 6.54 Å². The van der Waals surface area contributed by atoms with E-state index in [-0.39, 0.29) is 37.5 Å². The Bertz CT molecular complexity index is 455. The van der Waals surface area contributed by atoms with E-state index in [0.717, 1.165) is 10.0 Å². The highest BCUT2D eigenvalue weighted by Crippen LogP contribution is 2.36. The summed E-state index contributed by atoms with van der Waals surface area (Å²) >= 11 is 3.36. The predicted octanol–water partition coefficient (Wildman–Crippen LogP) is 3.89. The summed E-state index contributed by atoms with van der Waals surface area (Å²) < 4.78 is 27.0. The van der Waals surface area contributed by atoms with E-state index in [1.54, 1.807) is 0 Å². The van der Waals surface area contributed by atoms with Crippen LogP contribution in [0.15, 0.2) is 28.7 Å². The Morgan fingerprint density at radius 1 is 1.37 bits per heavy atom. The zero-order valence-electron chi connectivity index (χ0n) is 10.5. The first kappa shape index (κ1) is 14.4. The van der Waals surface area contributed by atoms with Crippen LogP contribution in [0, 0.1) is 5.92 Å². The van der Waals surface area contributed by atoms with Crippen LogP contribution in [0.4, 0.5) is 8.78 Å². The van der Waals surface area contributed by atoms with Crippen molar-refractivity contribution in [2.24, 2.45) is 5.92 Å². The molecule has 1 N–H and O–H groups in total. The van der Waals surface area contributed by atoms with Crippen LogP contribution in [0.5, 0.6) is 0 Å². The van der Waals surface area contributed by atoms with Gasteiger partial charge in [-0.15, -0.1) is 0 Å². The number of halogens is 3. The quantitative estimate of drug-likeness (QED) is 0.894. The van der Waals surface area contributed by atoms with Crippen molar-refractivity contribution in [2.45, 2.75) is 38.2 Å². The zero-order valence-corrected chi connectivity index (χ0v) is 12.1. The standard InChI is InChI=1S/C14H16BrF2NO/c15-12-3-1-2-10(8-12)9-18-13(19)11-4-6-14(16,17)7-5-11/h1-3,8,11H,4-7,9H2,(H,18,19). The van der Waals surface area contributed by atoms with Gasteiger partial charge in [0.25, 0.3) is 0 Å². The van der Waals surface area contributed by atoms with E-state index in [9.17, 15) is 13.6 Å². The second-order valence-electron chi connectivity index (χ2n) is 4.98. The van der Waals surface area contributed by atoms with Gasteiger partial charge in [0.2, 0.25) is 11.8 Å². The lowest BCUT2D eigenvalue weighted by Crippen LogP contribution is -2.35. The second kappa shape index (κ2) is 5.99. The Morgan fingerprint density at radius 3 is 2.68 bits per heavy atom. The van der Waals surface area contributed by atoms with Crippen LogP contribution >= 0.6 is 15.9 Å². The summed E-state index contributed by atoms with van der Waals surface area (Å²) in [5.41, 5.74) is 0.990. The minimum absolute atomic E-state index is 0.115. The number of carbonyl (C=O) groups excluding carboxylic acids is 1. The molecule has 0 radical (unpaired) electrons. The Hall–Kier alpha value is -0.970. The number of hydrogen-bond donors (Lipinski definition) is 1. The fourth-order valence-corrected chi connectivity index (χ4v) is 2.73. The Balaban J connectivity index is 1.82. The summed E-state index contributed by atoms with van der Waals surface area (Å²) in [5, 5.41) is 2.82. The van der Waals surface area contributed by atoms with Gasteiger partial charge in [-0.3, -0.25) is 4.79 Å². The van der Waals surface area contributed by atoms with Crippen LogP contribution in [0.25, 0.3) is 0 Å². The van der Waals surface area contributed by atoms with E-state index >= 15 is 0 Å². The van der Waals surface area contributed by atoms with E-state index in [4.69, 9.17) is 0 Å². The van der Waals surface area contributed by atoms with Crippen LogP contribution in [0.2, 0.25) is 0 Å². The molecular formula is C14H16BrF2NO. The monoisotopic (exact) mass is 331 g/mol.